The normalized spacial score (nSPS) is 10.3. The topological polar surface area (TPSA) is 29.5 Å². The number of rotatable bonds is 9. The molecule has 1 rings (SSSR count). The number of amides is 1. The van der Waals surface area contributed by atoms with Crippen molar-refractivity contribution in [2.24, 2.45) is 0 Å². The maximum atomic E-state index is 12.5. The molecule has 0 aromatic heterocycles. The van der Waals surface area contributed by atoms with Crippen molar-refractivity contribution in [1.82, 2.24) is 4.90 Å². The molecule has 0 radical (unpaired) electrons. The fraction of sp³-hybridized carbons (Fsp3) is 0.588. The Morgan fingerprint density at radius 2 is 1.55 bits per heavy atom. The monoisotopic (exact) mass is 277 g/mol. The Morgan fingerprint density at radius 3 is 2.00 bits per heavy atom. The van der Waals surface area contributed by atoms with Gasteiger partial charge in [-0.2, -0.15) is 0 Å². The van der Waals surface area contributed by atoms with Gasteiger partial charge in [0.2, 0.25) is 0 Å². The van der Waals surface area contributed by atoms with Crippen LogP contribution in [-0.2, 0) is 0 Å². The molecule has 1 aromatic rings. The van der Waals surface area contributed by atoms with E-state index in [-0.39, 0.29) is 5.91 Å². The molecule has 3 heteroatoms. The van der Waals surface area contributed by atoms with Crippen molar-refractivity contribution < 1.29 is 9.53 Å². The first kappa shape index (κ1) is 16.5. The van der Waals surface area contributed by atoms with Gasteiger partial charge in [-0.05, 0) is 44.0 Å². The average Bonchev–Trinajstić information content (AvgIpc) is 2.48. The molecule has 1 aromatic carbocycles. The molecule has 0 aliphatic heterocycles. The van der Waals surface area contributed by atoms with Gasteiger partial charge in [0.15, 0.2) is 0 Å². The zero-order chi connectivity index (χ0) is 14.8. The minimum Gasteiger partial charge on any atom is -0.494 e. The molecule has 0 N–H and O–H groups in total. The van der Waals surface area contributed by atoms with Crippen LogP contribution in [0.4, 0.5) is 0 Å². The summed E-state index contributed by atoms with van der Waals surface area (Å²) in [5, 5.41) is 0. The van der Waals surface area contributed by atoms with Crippen molar-refractivity contribution in [3.8, 4) is 5.75 Å². The van der Waals surface area contributed by atoms with E-state index in [2.05, 4.69) is 13.8 Å². The molecule has 0 unspecified atom stereocenters. The van der Waals surface area contributed by atoms with E-state index in [0.29, 0.717) is 6.61 Å². The lowest BCUT2D eigenvalue weighted by Crippen LogP contribution is -2.32. The van der Waals surface area contributed by atoms with E-state index in [1.807, 2.05) is 36.1 Å². The smallest absolute Gasteiger partial charge is 0.253 e. The van der Waals surface area contributed by atoms with Gasteiger partial charge in [0, 0.05) is 18.7 Å². The van der Waals surface area contributed by atoms with E-state index < -0.39 is 0 Å². The second-order valence-electron chi connectivity index (χ2n) is 4.96. The predicted octanol–water partition coefficient (Wildman–Crippen LogP) is 4.13. The molecule has 0 bridgehead atoms. The molecule has 0 aliphatic carbocycles. The number of unbranched alkanes of at least 4 members (excludes halogenated alkanes) is 2. The molecule has 3 nitrogen and oxygen atoms in total. The Balaban J connectivity index is 2.71. The average molecular weight is 277 g/mol. The second kappa shape index (κ2) is 9.40. The summed E-state index contributed by atoms with van der Waals surface area (Å²) in [5.41, 5.74) is 0.751. The largest absolute Gasteiger partial charge is 0.494 e. The van der Waals surface area contributed by atoms with Crippen molar-refractivity contribution >= 4 is 5.91 Å². The number of carbonyl (C=O) groups excluding carboxylic acids is 1. The van der Waals surface area contributed by atoms with Gasteiger partial charge < -0.3 is 9.64 Å². The lowest BCUT2D eigenvalue weighted by Gasteiger charge is -2.22. The van der Waals surface area contributed by atoms with Crippen LogP contribution in [-0.4, -0.2) is 30.5 Å². The first-order chi connectivity index (χ1) is 9.72. The maximum Gasteiger partial charge on any atom is 0.253 e. The molecule has 0 fully saturated rings. The van der Waals surface area contributed by atoms with E-state index in [1.54, 1.807) is 0 Å². The molecule has 112 valence electrons. The van der Waals surface area contributed by atoms with Crippen LogP contribution >= 0.6 is 0 Å². The second-order valence-corrected chi connectivity index (χ2v) is 4.96. The Morgan fingerprint density at radius 1 is 1.00 bits per heavy atom. The first-order valence-corrected chi connectivity index (χ1v) is 7.75. The predicted molar refractivity (Wildman–Crippen MR) is 83.3 cm³/mol. The fourth-order valence-electron chi connectivity index (χ4n) is 2.06. The van der Waals surface area contributed by atoms with Crippen LogP contribution in [0, 0.1) is 0 Å². The first-order valence-electron chi connectivity index (χ1n) is 7.75. The highest BCUT2D eigenvalue weighted by Crippen LogP contribution is 2.14. The lowest BCUT2D eigenvalue weighted by molar-refractivity contribution is 0.0751. The number of nitrogens with zero attached hydrogens (tertiary/aromatic N) is 1. The molecule has 0 atom stereocenters. The standard InChI is InChI=1S/C17H27NO2/c1-4-7-13-18(14-8-5-2)17(19)15-9-11-16(12-10-15)20-6-3/h9-12H,4-8,13-14H2,1-3H3. The van der Waals surface area contributed by atoms with Crippen LogP contribution < -0.4 is 4.74 Å². The van der Waals surface area contributed by atoms with E-state index in [1.165, 1.54) is 0 Å². The summed E-state index contributed by atoms with van der Waals surface area (Å²) < 4.78 is 5.41. The summed E-state index contributed by atoms with van der Waals surface area (Å²) >= 11 is 0. The van der Waals surface area contributed by atoms with Gasteiger partial charge in [0.1, 0.15) is 5.75 Å². The van der Waals surface area contributed by atoms with E-state index in [4.69, 9.17) is 4.74 Å². The molecule has 1 amide bonds. The summed E-state index contributed by atoms with van der Waals surface area (Å²) in [7, 11) is 0. The molecule has 0 saturated heterocycles. The summed E-state index contributed by atoms with van der Waals surface area (Å²) in [6.45, 7) is 8.60. The van der Waals surface area contributed by atoms with Gasteiger partial charge in [-0.15, -0.1) is 0 Å². The van der Waals surface area contributed by atoms with Crippen molar-refractivity contribution in [2.75, 3.05) is 19.7 Å². The Kier molecular flexibility index (Phi) is 7.78. The van der Waals surface area contributed by atoms with E-state index in [9.17, 15) is 4.79 Å². The maximum absolute atomic E-state index is 12.5. The number of ether oxygens (including phenoxy) is 1. The van der Waals surface area contributed by atoms with E-state index in [0.717, 1.165) is 50.1 Å². The van der Waals surface area contributed by atoms with Gasteiger partial charge in [0.25, 0.3) is 5.91 Å². The lowest BCUT2D eigenvalue weighted by atomic mass is 10.1. The summed E-state index contributed by atoms with van der Waals surface area (Å²) in [5.74, 6) is 0.952. The molecular formula is C17H27NO2. The summed E-state index contributed by atoms with van der Waals surface area (Å²) in [4.78, 5) is 14.5. The zero-order valence-corrected chi connectivity index (χ0v) is 13.0. The minimum absolute atomic E-state index is 0.134. The Labute approximate surface area is 122 Å². The number of benzene rings is 1. The minimum atomic E-state index is 0.134. The van der Waals surface area contributed by atoms with Crippen molar-refractivity contribution in [3.63, 3.8) is 0 Å². The molecule has 20 heavy (non-hydrogen) atoms. The van der Waals surface area contributed by atoms with Gasteiger partial charge in [-0.25, -0.2) is 0 Å². The Bertz CT molecular complexity index is 378. The summed E-state index contributed by atoms with van der Waals surface area (Å²) in [6, 6.07) is 7.46. The zero-order valence-electron chi connectivity index (χ0n) is 13.0. The highest BCUT2D eigenvalue weighted by atomic mass is 16.5. The van der Waals surface area contributed by atoms with Gasteiger partial charge >= 0.3 is 0 Å². The molecular weight excluding hydrogens is 250 g/mol. The number of carbonyl (C=O) groups is 1. The van der Waals surface area contributed by atoms with Crippen LogP contribution in [0.3, 0.4) is 0 Å². The number of hydrogen-bond donors (Lipinski definition) is 0. The quantitative estimate of drug-likeness (QED) is 0.679. The highest BCUT2D eigenvalue weighted by Gasteiger charge is 2.14. The van der Waals surface area contributed by atoms with Crippen LogP contribution in [0.25, 0.3) is 0 Å². The van der Waals surface area contributed by atoms with Crippen molar-refractivity contribution in [2.45, 2.75) is 46.5 Å². The van der Waals surface area contributed by atoms with Crippen LogP contribution in [0.15, 0.2) is 24.3 Å². The molecule has 0 aliphatic rings. The van der Waals surface area contributed by atoms with Crippen molar-refractivity contribution in [1.29, 1.82) is 0 Å². The van der Waals surface area contributed by atoms with Crippen LogP contribution in [0.5, 0.6) is 5.75 Å². The molecule has 0 spiro atoms. The van der Waals surface area contributed by atoms with Gasteiger partial charge in [0.05, 0.1) is 6.61 Å². The summed E-state index contributed by atoms with van der Waals surface area (Å²) in [6.07, 6.45) is 4.34. The SMILES string of the molecule is CCCCN(CCCC)C(=O)c1ccc(OCC)cc1. The van der Waals surface area contributed by atoms with Crippen molar-refractivity contribution in [3.05, 3.63) is 29.8 Å². The van der Waals surface area contributed by atoms with Crippen LogP contribution in [0.2, 0.25) is 0 Å². The third kappa shape index (κ3) is 5.24. The number of hydrogen-bond acceptors (Lipinski definition) is 2. The Hall–Kier alpha value is -1.51. The van der Waals surface area contributed by atoms with Crippen LogP contribution in [0.1, 0.15) is 56.8 Å². The third-order valence-electron chi connectivity index (χ3n) is 3.26. The van der Waals surface area contributed by atoms with Gasteiger partial charge in [-0.3, -0.25) is 4.79 Å². The highest BCUT2D eigenvalue weighted by molar-refractivity contribution is 5.94. The third-order valence-corrected chi connectivity index (χ3v) is 3.26. The van der Waals surface area contributed by atoms with Gasteiger partial charge in [-0.1, -0.05) is 26.7 Å². The molecule has 0 heterocycles. The molecule has 0 saturated carbocycles. The fourth-order valence-corrected chi connectivity index (χ4v) is 2.06. The van der Waals surface area contributed by atoms with E-state index >= 15 is 0 Å².